The van der Waals surface area contributed by atoms with Gasteiger partial charge >= 0.3 is 0 Å². The summed E-state index contributed by atoms with van der Waals surface area (Å²) in [5.41, 5.74) is 7.03. The van der Waals surface area contributed by atoms with Gasteiger partial charge in [-0.25, -0.2) is 0 Å². The normalized spacial score (nSPS) is 18.7. The number of piperidine rings is 1. The van der Waals surface area contributed by atoms with E-state index in [-0.39, 0.29) is 6.04 Å². The molecule has 2 N–H and O–H groups in total. The second-order valence-corrected chi connectivity index (χ2v) is 5.71. The average Bonchev–Trinajstić information content (AvgIpc) is 2.51. The van der Waals surface area contributed by atoms with Crippen LogP contribution in [0, 0.1) is 0 Å². The Morgan fingerprint density at radius 3 is 2.67 bits per heavy atom. The van der Waals surface area contributed by atoms with Crippen LogP contribution in [-0.4, -0.2) is 44.4 Å². The van der Waals surface area contributed by atoms with Gasteiger partial charge in [-0.3, -0.25) is 4.90 Å². The number of ether oxygens (including phenoxy) is 2. The van der Waals surface area contributed by atoms with E-state index in [1.165, 1.54) is 0 Å². The van der Waals surface area contributed by atoms with E-state index < -0.39 is 0 Å². The lowest BCUT2D eigenvalue weighted by Crippen LogP contribution is -2.42. The molecule has 4 nitrogen and oxygen atoms in total. The molecule has 1 aliphatic heterocycles. The summed E-state index contributed by atoms with van der Waals surface area (Å²) in [6.07, 6.45) is 2.45. The molecule has 1 fully saturated rings. The molecule has 2 rings (SSSR count). The molecule has 1 aliphatic rings. The van der Waals surface area contributed by atoms with Crippen LogP contribution in [0.1, 0.15) is 31.4 Å². The topological polar surface area (TPSA) is 47.7 Å². The van der Waals surface area contributed by atoms with Crippen LogP contribution in [0.25, 0.3) is 0 Å². The van der Waals surface area contributed by atoms with Crippen LogP contribution in [0.2, 0.25) is 5.02 Å². The molecule has 0 amide bonds. The van der Waals surface area contributed by atoms with Crippen molar-refractivity contribution >= 4 is 11.6 Å². The Balaban J connectivity index is 2.14. The molecule has 0 saturated carbocycles. The lowest BCUT2D eigenvalue weighted by Gasteiger charge is -2.37. The third kappa shape index (κ3) is 3.89. The van der Waals surface area contributed by atoms with Crippen molar-refractivity contribution in [2.75, 3.05) is 33.4 Å². The summed E-state index contributed by atoms with van der Waals surface area (Å²) in [6, 6.07) is 5.84. The van der Waals surface area contributed by atoms with Crippen LogP contribution in [0.3, 0.4) is 0 Å². The van der Waals surface area contributed by atoms with E-state index in [2.05, 4.69) is 4.90 Å². The Kier molecular flexibility index (Phi) is 6.30. The Bertz CT molecular complexity index is 448. The second kappa shape index (κ2) is 7.99. The van der Waals surface area contributed by atoms with Crippen LogP contribution in [0.5, 0.6) is 5.75 Å². The van der Waals surface area contributed by atoms with Gasteiger partial charge in [-0.1, -0.05) is 17.7 Å². The van der Waals surface area contributed by atoms with Gasteiger partial charge in [-0.05, 0) is 31.9 Å². The molecule has 1 aromatic rings. The van der Waals surface area contributed by atoms with Crippen LogP contribution in [-0.2, 0) is 4.74 Å². The number of methoxy groups -OCH3 is 1. The summed E-state index contributed by atoms with van der Waals surface area (Å²) >= 11 is 6.39. The fourth-order valence-electron chi connectivity index (χ4n) is 3.06. The number of benzene rings is 1. The third-order valence-corrected chi connectivity index (χ3v) is 4.44. The van der Waals surface area contributed by atoms with Crippen molar-refractivity contribution in [1.82, 2.24) is 4.90 Å². The molecule has 1 aromatic carbocycles. The highest BCUT2D eigenvalue weighted by Gasteiger charge is 2.28. The van der Waals surface area contributed by atoms with E-state index in [1.807, 2.05) is 25.1 Å². The van der Waals surface area contributed by atoms with Crippen molar-refractivity contribution in [1.29, 1.82) is 0 Å². The largest absolute Gasteiger partial charge is 0.496 e. The van der Waals surface area contributed by atoms with E-state index in [1.54, 1.807) is 7.11 Å². The fraction of sp³-hybridized carbons (Fsp3) is 0.625. The highest BCUT2D eigenvalue weighted by atomic mass is 35.5. The van der Waals surface area contributed by atoms with E-state index in [0.717, 1.165) is 48.9 Å². The molecule has 1 atom stereocenters. The SMILES string of the molecule is CCOC1CCN(C(CN)c2c(Cl)cccc2OC)CC1. The predicted molar refractivity (Wildman–Crippen MR) is 86.0 cm³/mol. The summed E-state index contributed by atoms with van der Waals surface area (Å²) < 4.78 is 11.2. The molecule has 0 spiro atoms. The fourth-order valence-corrected chi connectivity index (χ4v) is 3.35. The van der Waals surface area contributed by atoms with Crippen molar-refractivity contribution in [3.8, 4) is 5.75 Å². The van der Waals surface area contributed by atoms with Gasteiger partial charge in [0.15, 0.2) is 0 Å². The van der Waals surface area contributed by atoms with E-state index in [9.17, 15) is 0 Å². The maximum atomic E-state index is 6.39. The summed E-state index contributed by atoms with van der Waals surface area (Å²) in [4.78, 5) is 2.39. The van der Waals surface area contributed by atoms with Crippen LogP contribution >= 0.6 is 11.6 Å². The standard InChI is InChI=1S/C16H25ClN2O2/c1-3-21-12-7-9-19(10-8-12)14(11-18)16-13(17)5-4-6-15(16)20-2/h4-6,12,14H,3,7-11,18H2,1-2H3. The predicted octanol–water partition coefficient (Wildman–Crippen LogP) is 2.85. The number of hydrogen-bond donors (Lipinski definition) is 1. The van der Waals surface area contributed by atoms with Crippen LogP contribution < -0.4 is 10.5 Å². The average molecular weight is 313 g/mol. The molecule has 0 bridgehead atoms. The van der Waals surface area contributed by atoms with Crippen LogP contribution in [0.15, 0.2) is 18.2 Å². The van der Waals surface area contributed by atoms with Gasteiger partial charge < -0.3 is 15.2 Å². The van der Waals surface area contributed by atoms with Gasteiger partial charge in [0.05, 0.1) is 19.3 Å². The summed E-state index contributed by atoms with van der Waals surface area (Å²) in [6.45, 7) is 5.30. The van der Waals surface area contributed by atoms with Crippen molar-refractivity contribution in [2.24, 2.45) is 5.73 Å². The third-order valence-electron chi connectivity index (χ3n) is 4.11. The lowest BCUT2D eigenvalue weighted by molar-refractivity contribution is 0.00432. The van der Waals surface area contributed by atoms with Crippen molar-refractivity contribution in [3.05, 3.63) is 28.8 Å². The second-order valence-electron chi connectivity index (χ2n) is 5.30. The number of rotatable bonds is 6. The molecular weight excluding hydrogens is 288 g/mol. The molecule has 21 heavy (non-hydrogen) atoms. The van der Waals surface area contributed by atoms with Gasteiger partial charge in [0.1, 0.15) is 5.75 Å². The van der Waals surface area contributed by atoms with E-state index >= 15 is 0 Å². The summed E-state index contributed by atoms with van der Waals surface area (Å²) in [5, 5.41) is 0.719. The zero-order chi connectivity index (χ0) is 15.2. The number of nitrogens with two attached hydrogens (primary N) is 1. The van der Waals surface area contributed by atoms with Crippen molar-refractivity contribution in [3.63, 3.8) is 0 Å². The monoisotopic (exact) mass is 312 g/mol. The Labute approximate surface area is 132 Å². The highest BCUT2D eigenvalue weighted by molar-refractivity contribution is 6.31. The molecule has 1 unspecified atom stereocenters. The first kappa shape index (κ1) is 16.6. The molecule has 0 aliphatic carbocycles. The van der Waals surface area contributed by atoms with E-state index in [0.29, 0.717) is 12.6 Å². The molecule has 5 heteroatoms. The Morgan fingerprint density at radius 2 is 2.10 bits per heavy atom. The minimum atomic E-state index is 0.0937. The van der Waals surface area contributed by atoms with Gasteiger partial charge in [-0.15, -0.1) is 0 Å². The maximum Gasteiger partial charge on any atom is 0.125 e. The zero-order valence-electron chi connectivity index (χ0n) is 12.8. The zero-order valence-corrected chi connectivity index (χ0v) is 13.6. The summed E-state index contributed by atoms with van der Waals surface area (Å²) in [5.74, 6) is 0.810. The first-order valence-electron chi connectivity index (χ1n) is 7.59. The van der Waals surface area contributed by atoms with Crippen molar-refractivity contribution in [2.45, 2.75) is 31.9 Å². The van der Waals surface area contributed by atoms with E-state index in [4.69, 9.17) is 26.8 Å². The molecule has 1 saturated heterocycles. The summed E-state index contributed by atoms with van der Waals surface area (Å²) in [7, 11) is 1.67. The minimum absolute atomic E-state index is 0.0937. The smallest absolute Gasteiger partial charge is 0.125 e. The van der Waals surface area contributed by atoms with Crippen LogP contribution in [0.4, 0.5) is 0 Å². The molecule has 0 radical (unpaired) electrons. The molecule has 0 aromatic heterocycles. The number of halogens is 1. The lowest BCUT2D eigenvalue weighted by atomic mass is 9.99. The van der Waals surface area contributed by atoms with Gasteiger partial charge in [0.25, 0.3) is 0 Å². The number of likely N-dealkylation sites (tertiary alicyclic amines) is 1. The maximum absolute atomic E-state index is 6.39. The first-order chi connectivity index (χ1) is 10.2. The number of nitrogens with zero attached hydrogens (tertiary/aromatic N) is 1. The Morgan fingerprint density at radius 1 is 1.38 bits per heavy atom. The molecular formula is C16H25ClN2O2. The molecule has 1 heterocycles. The quantitative estimate of drug-likeness (QED) is 0.877. The van der Waals surface area contributed by atoms with Gasteiger partial charge in [0.2, 0.25) is 0 Å². The van der Waals surface area contributed by atoms with Gasteiger partial charge in [0, 0.05) is 36.8 Å². The molecule has 118 valence electrons. The first-order valence-corrected chi connectivity index (χ1v) is 7.97. The Hall–Kier alpha value is -0.810. The number of hydrogen-bond acceptors (Lipinski definition) is 4. The highest BCUT2D eigenvalue weighted by Crippen LogP contribution is 2.36. The minimum Gasteiger partial charge on any atom is -0.496 e. The van der Waals surface area contributed by atoms with Crippen molar-refractivity contribution < 1.29 is 9.47 Å². The van der Waals surface area contributed by atoms with Gasteiger partial charge in [-0.2, -0.15) is 0 Å².